The van der Waals surface area contributed by atoms with Crippen molar-refractivity contribution in [2.45, 2.75) is 6.18 Å². The number of hydrogen-bond acceptors (Lipinski definition) is 4. The number of carboxylic acid groups (broad SMARTS) is 1. The van der Waals surface area contributed by atoms with Crippen molar-refractivity contribution in [3.8, 4) is 11.5 Å². The predicted octanol–water partition coefficient (Wildman–Crippen LogP) is 4.76. The molecule has 0 radical (unpaired) electrons. The van der Waals surface area contributed by atoms with Crippen molar-refractivity contribution in [2.24, 2.45) is 0 Å². The van der Waals surface area contributed by atoms with Gasteiger partial charge in [-0.1, -0.05) is 11.6 Å². The maximum absolute atomic E-state index is 12.6. The van der Waals surface area contributed by atoms with Gasteiger partial charge < -0.3 is 9.84 Å². The third-order valence-corrected chi connectivity index (χ3v) is 3.13. The molecule has 24 heavy (non-hydrogen) atoms. The van der Waals surface area contributed by atoms with Crippen molar-refractivity contribution in [1.82, 2.24) is 0 Å². The van der Waals surface area contributed by atoms with Crippen molar-refractivity contribution in [1.29, 1.82) is 0 Å². The number of benzene rings is 2. The summed E-state index contributed by atoms with van der Waals surface area (Å²) in [4.78, 5) is 21.0. The Kier molecular flexibility index (Phi) is 4.65. The van der Waals surface area contributed by atoms with Crippen molar-refractivity contribution < 1.29 is 32.7 Å². The lowest BCUT2D eigenvalue weighted by Crippen LogP contribution is -2.04. The van der Waals surface area contributed by atoms with Gasteiger partial charge in [0.05, 0.1) is 27.1 Å². The van der Waals surface area contributed by atoms with Gasteiger partial charge in [-0.25, -0.2) is 4.79 Å². The lowest BCUT2D eigenvalue weighted by Gasteiger charge is -2.11. The van der Waals surface area contributed by atoms with E-state index >= 15 is 0 Å². The average Bonchev–Trinajstić information content (AvgIpc) is 2.47. The first kappa shape index (κ1) is 17.5. The van der Waals surface area contributed by atoms with Crippen LogP contribution in [-0.2, 0) is 6.18 Å². The van der Waals surface area contributed by atoms with E-state index in [2.05, 4.69) is 0 Å². The summed E-state index contributed by atoms with van der Waals surface area (Å²) < 4.78 is 42.9. The molecule has 2 aromatic rings. The number of carbonyl (C=O) groups is 1. The van der Waals surface area contributed by atoms with Crippen LogP contribution < -0.4 is 4.74 Å². The van der Waals surface area contributed by atoms with Crippen LogP contribution in [0.2, 0.25) is 5.02 Å². The lowest BCUT2D eigenvalue weighted by atomic mass is 10.2. The van der Waals surface area contributed by atoms with E-state index in [9.17, 15) is 28.1 Å². The normalized spacial score (nSPS) is 11.2. The highest BCUT2D eigenvalue weighted by Gasteiger charge is 2.31. The lowest BCUT2D eigenvalue weighted by molar-refractivity contribution is -0.384. The average molecular weight is 362 g/mol. The van der Waals surface area contributed by atoms with Crippen molar-refractivity contribution in [3.05, 3.63) is 62.7 Å². The van der Waals surface area contributed by atoms with E-state index < -0.39 is 33.9 Å². The molecule has 0 aliphatic rings. The topological polar surface area (TPSA) is 89.7 Å². The molecule has 0 atom stereocenters. The number of aromatic carboxylic acids is 1. The van der Waals surface area contributed by atoms with Crippen molar-refractivity contribution >= 4 is 23.3 Å². The summed E-state index contributed by atoms with van der Waals surface area (Å²) in [7, 11) is 0. The second-order valence-electron chi connectivity index (χ2n) is 4.52. The molecule has 2 aromatic carbocycles. The minimum Gasteiger partial charge on any atom is -0.478 e. The summed E-state index contributed by atoms with van der Waals surface area (Å²) >= 11 is 5.71. The number of ether oxygens (including phenoxy) is 1. The number of alkyl halides is 3. The molecular formula is C14H7ClF3NO5. The van der Waals surface area contributed by atoms with Crippen LogP contribution in [0.5, 0.6) is 11.5 Å². The fourth-order valence-corrected chi connectivity index (χ4v) is 1.98. The van der Waals surface area contributed by atoms with Crippen LogP contribution >= 0.6 is 11.6 Å². The minimum absolute atomic E-state index is 0.207. The molecule has 0 saturated heterocycles. The number of carboxylic acids is 1. The Morgan fingerprint density at radius 1 is 1.21 bits per heavy atom. The van der Waals surface area contributed by atoms with Crippen LogP contribution in [-0.4, -0.2) is 16.0 Å². The highest BCUT2D eigenvalue weighted by atomic mass is 35.5. The molecular weight excluding hydrogens is 355 g/mol. The van der Waals surface area contributed by atoms with Crippen LogP contribution in [0.4, 0.5) is 18.9 Å². The zero-order valence-corrected chi connectivity index (χ0v) is 12.3. The Morgan fingerprint density at radius 3 is 2.38 bits per heavy atom. The van der Waals surface area contributed by atoms with E-state index in [4.69, 9.17) is 21.4 Å². The van der Waals surface area contributed by atoms with Crippen LogP contribution in [0, 0.1) is 10.1 Å². The summed E-state index contributed by atoms with van der Waals surface area (Å²) in [5.41, 5.74) is -1.96. The Balaban J connectivity index is 2.41. The largest absolute Gasteiger partial charge is 0.478 e. The highest BCUT2D eigenvalue weighted by Crippen LogP contribution is 2.37. The van der Waals surface area contributed by atoms with E-state index in [0.29, 0.717) is 6.07 Å². The fraction of sp³-hybridized carbons (Fsp3) is 0.0714. The van der Waals surface area contributed by atoms with Gasteiger partial charge in [-0.2, -0.15) is 13.2 Å². The standard InChI is InChI=1S/C14H7ClF3NO5/c15-11-5-8(14(16,17)18)1-2-12(11)24-10-4-7(13(20)21)3-9(6-10)19(22)23/h1-6H,(H,20,21). The summed E-state index contributed by atoms with van der Waals surface area (Å²) in [5, 5.41) is 19.4. The van der Waals surface area contributed by atoms with Gasteiger partial charge in [-0.3, -0.25) is 10.1 Å². The number of hydrogen-bond donors (Lipinski definition) is 1. The molecule has 0 saturated carbocycles. The Bertz CT molecular complexity index is 790. The van der Waals surface area contributed by atoms with Crippen molar-refractivity contribution in [3.63, 3.8) is 0 Å². The minimum atomic E-state index is -4.59. The zero-order chi connectivity index (χ0) is 18.1. The van der Waals surface area contributed by atoms with Crippen LogP contribution in [0.3, 0.4) is 0 Å². The molecule has 6 nitrogen and oxygen atoms in total. The molecule has 0 unspecified atom stereocenters. The molecule has 2 rings (SSSR count). The summed E-state index contributed by atoms with van der Waals surface area (Å²) in [5.74, 6) is -1.88. The van der Waals surface area contributed by atoms with E-state index in [1.807, 2.05) is 0 Å². The summed E-state index contributed by atoms with van der Waals surface area (Å²) in [6.07, 6.45) is -4.59. The summed E-state index contributed by atoms with van der Waals surface area (Å²) in [6, 6.07) is 5.03. The molecule has 0 amide bonds. The molecule has 0 bridgehead atoms. The molecule has 0 aliphatic heterocycles. The van der Waals surface area contributed by atoms with Crippen LogP contribution in [0.25, 0.3) is 0 Å². The van der Waals surface area contributed by atoms with Gasteiger partial charge in [0.25, 0.3) is 5.69 Å². The number of nitro groups is 1. The number of nitrogens with zero attached hydrogens (tertiary/aromatic N) is 1. The molecule has 126 valence electrons. The molecule has 0 aliphatic carbocycles. The van der Waals surface area contributed by atoms with Gasteiger partial charge in [0.15, 0.2) is 0 Å². The van der Waals surface area contributed by atoms with Gasteiger partial charge in [0, 0.05) is 6.07 Å². The molecule has 1 N–H and O–H groups in total. The predicted molar refractivity (Wildman–Crippen MR) is 76.6 cm³/mol. The summed E-state index contributed by atoms with van der Waals surface area (Å²) in [6.45, 7) is 0. The van der Waals surface area contributed by atoms with E-state index in [1.54, 1.807) is 0 Å². The third-order valence-electron chi connectivity index (χ3n) is 2.84. The monoisotopic (exact) mass is 361 g/mol. The second-order valence-corrected chi connectivity index (χ2v) is 4.93. The molecule has 0 spiro atoms. The molecule has 0 fully saturated rings. The smallest absolute Gasteiger partial charge is 0.416 e. The first-order valence-electron chi connectivity index (χ1n) is 6.15. The third kappa shape index (κ3) is 3.93. The van der Waals surface area contributed by atoms with Gasteiger partial charge >= 0.3 is 12.1 Å². The maximum Gasteiger partial charge on any atom is 0.416 e. The number of halogens is 4. The Morgan fingerprint density at radius 2 is 1.88 bits per heavy atom. The zero-order valence-electron chi connectivity index (χ0n) is 11.5. The maximum atomic E-state index is 12.6. The van der Waals surface area contributed by atoms with Gasteiger partial charge in [-0.15, -0.1) is 0 Å². The van der Waals surface area contributed by atoms with E-state index in [1.165, 1.54) is 0 Å². The Labute approximate surface area is 137 Å². The van der Waals surface area contributed by atoms with Crippen LogP contribution in [0.1, 0.15) is 15.9 Å². The van der Waals surface area contributed by atoms with E-state index in [-0.39, 0.29) is 16.5 Å². The number of non-ortho nitro benzene ring substituents is 1. The fourth-order valence-electron chi connectivity index (χ4n) is 1.76. The Hall–Kier alpha value is -2.81. The molecule has 0 heterocycles. The second kappa shape index (κ2) is 6.36. The number of nitro benzene ring substituents is 1. The van der Waals surface area contributed by atoms with Crippen molar-refractivity contribution in [2.75, 3.05) is 0 Å². The van der Waals surface area contributed by atoms with Gasteiger partial charge in [-0.05, 0) is 24.3 Å². The highest BCUT2D eigenvalue weighted by molar-refractivity contribution is 6.32. The quantitative estimate of drug-likeness (QED) is 0.626. The molecule has 0 aromatic heterocycles. The van der Waals surface area contributed by atoms with Gasteiger partial charge in [0.2, 0.25) is 0 Å². The first-order valence-corrected chi connectivity index (χ1v) is 6.53. The number of rotatable bonds is 4. The SMILES string of the molecule is O=C(O)c1cc(Oc2ccc(C(F)(F)F)cc2Cl)cc([N+](=O)[O-])c1. The molecule has 10 heteroatoms. The van der Waals surface area contributed by atoms with Gasteiger partial charge in [0.1, 0.15) is 11.5 Å². The van der Waals surface area contributed by atoms with Crippen LogP contribution in [0.15, 0.2) is 36.4 Å². The first-order chi connectivity index (χ1) is 11.1. The van der Waals surface area contributed by atoms with E-state index in [0.717, 1.165) is 30.3 Å².